The predicted octanol–water partition coefficient (Wildman–Crippen LogP) is 5.27. The lowest BCUT2D eigenvalue weighted by Crippen LogP contribution is -2.36. The van der Waals surface area contributed by atoms with Crippen molar-refractivity contribution in [1.82, 2.24) is 14.5 Å². The van der Waals surface area contributed by atoms with Crippen LogP contribution in [0.2, 0.25) is 5.02 Å². The molecule has 0 bridgehead atoms. The molecule has 0 atom stereocenters. The third-order valence-electron chi connectivity index (χ3n) is 4.97. The van der Waals surface area contributed by atoms with E-state index in [-0.39, 0.29) is 12.5 Å². The molecule has 2 aromatic heterocycles. The molecule has 0 saturated heterocycles. The molecule has 0 radical (unpaired) electrons. The van der Waals surface area contributed by atoms with Gasteiger partial charge in [-0.2, -0.15) is 0 Å². The van der Waals surface area contributed by atoms with Crippen LogP contribution in [0.3, 0.4) is 0 Å². The van der Waals surface area contributed by atoms with Gasteiger partial charge in [-0.05, 0) is 49.6 Å². The van der Waals surface area contributed by atoms with Gasteiger partial charge in [0.15, 0.2) is 11.7 Å². The van der Waals surface area contributed by atoms with Crippen LogP contribution in [0.25, 0.3) is 10.2 Å². The summed E-state index contributed by atoms with van der Waals surface area (Å²) < 4.78 is 8.78. The number of anilines is 1. The Morgan fingerprint density at radius 1 is 1.23 bits per heavy atom. The molecule has 4 rings (SSSR count). The molecule has 0 spiro atoms. The topological polar surface area (TPSA) is 60.2 Å². The second kappa shape index (κ2) is 9.49. The highest BCUT2D eigenvalue weighted by molar-refractivity contribution is 7.22. The molecule has 31 heavy (non-hydrogen) atoms. The number of fused-ring (bicyclic) bond motifs is 1. The number of carbonyl (C=O) groups excluding carboxylic acids is 1. The van der Waals surface area contributed by atoms with Gasteiger partial charge in [0.25, 0.3) is 5.91 Å². The quantitative estimate of drug-likeness (QED) is 0.364. The van der Waals surface area contributed by atoms with Crippen LogP contribution in [0.15, 0.2) is 55.1 Å². The molecule has 4 aromatic rings. The molecule has 2 heterocycles. The third kappa shape index (κ3) is 5.06. The van der Waals surface area contributed by atoms with Crippen LogP contribution < -0.4 is 9.64 Å². The monoisotopic (exact) mass is 454 g/mol. The van der Waals surface area contributed by atoms with E-state index in [1.807, 2.05) is 61.0 Å². The van der Waals surface area contributed by atoms with Gasteiger partial charge in [0.2, 0.25) is 0 Å². The lowest BCUT2D eigenvalue weighted by molar-refractivity contribution is -0.120. The number of benzene rings is 2. The molecule has 0 fully saturated rings. The van der Waals surface area contributed by atoms with Crippen molar-refractivity contribution in [2.45, 2.75) is 26.8 Å². The molecule has 2 aromatic carbocycles. The Hall–Kier alpha value is -2.90. The first kappa shape index (κ1) is 21.3. The van der Waals surface area contributed by atoms with Crippen LogP contribution in [0, 0.1) is 13.8 Å². The summed E-state index contributed by atoms with van der Waals surface area (Å²) in [4.78, 5) is 23.7. The number of aromatic nitrogens is 3. The molecule has 0 aliphatic carbocycles. The molecule has 0 saturated carbocycles. The Balaban J connectivity index is 1.55. The van der Waals surface area contributed by atoms with E-state index in [4.69, 9.17) is 21.3 Å². The summed E-state index contributed by atoms with van der Waals surface area (Å²) in [7, 11) is 0. The van der Waals surface area contributed by atoms with Gasteiger partial charge >= 0.3 is 0 Å². The van der Waals surface area contributed by atoms with E-state index >= 15 is 0 Å². The number of amides is 1. The van der Waals surface area contributed by atoms with Crippen LogP contribution in [-0.4, -0.2) is 33.6 Å². The van der Waals surface area contributed by atoms with E-state index in [2.05, 4.69) is 4.98 Å². The van der Waals surface area contributed by atoms with Crippen molar-refractivity contribution in [1.29, 1.82) is 0 Å². The van der Waals surface area contributed by atoms with E-state index in [1.165, 1.54) is 11.3 Å². The number of nitrogens with zero attached hydrogens (tertiary/aromatic N) is 4. The number of hydrogen-bond acceptors (Lipinski definition) is 5. The molecule has 0 N–H and O–H groups in total. The minimum atomic E-state index is -0.128. The molecular weight excluding hydrogens is 432 g/mol. The van der Waals surface area contributed by atoms with Gasteiger partial charge in [0.05, 0.1) is 16.5 Å². The zero-order chi connectivity index (χ0) is 21.8. The number of aryl methyl sites for hydroxylation is 3. The average molecular weight is 455 g/mol. The van der Waals surface area contributed by atoms with Gasteiger partial charge in [-0.1, -0.05) is 41.1 Å². The Morgan fingerprint density at radius 3 is 2.84 bits per heavy atom. The molecule has 1 amide bonds. The first-order valence-electron chi connectivity index (χ1n) is 10.0. The third-order valence-corrected chi connectivity index (χ3v) is 6.22. The number of rotatable bonds is 8. The van der Waals surface area contributed by atoms with Gasteiger partial charge in [0, 0.05) is 30.5 Å². The van der Waals surface area contributed by atoms with E-state index in [9.17, 15) is 4.79 Å². The van der Waals surface area contributed by atoms with Crippen molar-refractivity contribution in [3.05, 3.63) is 71.3 Å². The minimum Gasteiger partial charge on any atom is -0.483 e. The Bertz CT molecular complexity index is 1190. The summed E-state index contributed by atoms with van der Waals surface area (Å²) in [5, 5.41) is 1.32. The zero-order valence-electron chi connectivity index (χ0n) is 17.4. The Kier molecular flexibility index (Phi) is 6.53. The van der Waals surface area contributed by atoms with Crippen molar-refractivity contribution < 1.29 is 9.53 Å². The fraction of sp³-hybridized carbons (Fsp3) is 0.261. The molecule has 0 unspecified atom stereocenters. The van der Waals surface area contributed by atoms with Crippen LogP contribution >= 0.6 is 22.9 Å². The molecule has 0 aliphatic rings. The number of hydrogen-bond donors (Lipinski definition) is 0. The zero-order valence-corrected chi connectivity index (χ0v) is 19.0. The van der Waals surface area contributed by atoms with Crippen molar-refractivity contribution in [3.63, 3.8) is 0 Å². The maximum absolute atomic E-state index is 13.2. The van der Waals surface area contributed by atoms with Crippen molar-refractivity contribution >= 4 is 44.2 Å². The SMILES string of the molecule is Cc1ccccc1OCC(=O)N(CCCn1ccnc1)c1nc2c(C)cc(Cl)cc2s1. The molecule has 6 nitrogen and oxygen atoms in total. The van der Waals surface area contributed by atoms with Crippen molar-refractivity contribution in [2.24, 2.45) is 0 Å². The summed E-state index contributed by atoms with van der Waals surface area (Å²) in [5.74, 6) is 0.581. The number of carbonyl (C=O) groups is 1. The minimum absolute atomic E-state index is 0.0500. The lowest BCUT2D eigenvalue weighted by Gasteiger charge is -2.20. The van der Waals surface area contributed by atoms with Gasteiger partial charge in [-0.25, -0.2) is 9.97 Å². The molecule has 0 aliphatic heterocycles. The maximum Gasteiger partial charge on any atom is 0.266 e. The van der Waals surface area contributed by atoms with E-state index in [1.54, 1.807) is 17.4 Å². The number of halogens is 1. The standard InChI is InChI=1S/C23H23ClN4O2S/c1-16-6-3-4-7-19(16)30-14-21(29)28(10-5-9-27-11-8-25-15-27)23-26-22-17(2)12-18(24)13-20(22)31-23/h3-4,6-8,11-13,15H,5,9-10,14H2,1-2H3. The largest absolute Gasteiger partial charge is 0.483 e. The summed E-state index contributed by atoms with van der Waals surface area (Å²) in [5.41, 5.74) is 2.86. The Labute approximate surface area is 190 Å². The van der Waals surface area contributed by atoms with E-state index < -0.39 is 0 Å². The van der Waals surface area contributed by atoms with Crippen LogP contribution in [0.4, 0.5) is 5.13 Å². The van der Waals surface area contributed by atoms with Gasteiger partial charge in [-0.15, -0.1) is 0 Å². The average Bonchev–Trinajstić information content (AvgIpc) is 3.40. The summed E-state index contributed by atoms with van der Waals surface area (Å²) >= 11 is 7.69. The Morgan fingerprint density at radius 2 is 2.06 bits per heavy atom. The lowest BCUT2D eigenvalue weighted by atomic mass is 10.2. The highest BCUT2D eigenvalue weighted by Gasteiger charge is 2.21. The first-order valence-corrected chi connectivity index (χ1v) is 11.2. The van der Waals surface area contributed by atoms with Gasteiger partial charge in [0.1, 0.15) is 5.75 Å². The van der Waals surface area contributed by atoms with Crippen molar-refractivity contribution in [3.8, 4) is 5.75 Å². The number of imidazole rings is 1. The predicted molar refractivity (Wildman–Crippen MR) is 125 cm³/mol. The normalized spacial score (nSPS) is 11.1. The summed E-state index contributed by atoms with van der Waals surface area (Å²) in [6, 6.07) is 11.5. The molecule has 8 heteroatoms. The fourth-order valence-electron chi connectivity index (χ4n) is 3.35. The second-order valence-electron chi connectivity index (χ2n) is 7.32. The van der Waals surface area contributed by atoms with Crippen LogP contribution in [0.1, 0.15) is 17.5 Å². The van der Waals surface area contributed by atoms with E-state index in [0.717, 1.165) is 34.3 Å². The fourth-order valence-corrected chi connectivity index (χ4v) is 4.81. The number of para-hydroxylation sites is 1. The van der Waals surface area contributed by atoms with E-state index in [0.29, 0.717) is 22.4 Å². The van der Waals surface area contributed by atoms with Crippen molar-refractivity contribution in [2.75, 3.05) is 18.1 Å². The second-order valence-corrected chi connectivity index (χ2v) is 8.77. The maximum atomic E-state index is 13.2. The highest BCUT2D eigenvalue weighted by Crippen LogP contribution is 2.33. The van der Waals surface area contributed by atoms with Crippen LogP contribution in [0.5, 0.6) is 5.75 Å². The molecular formula is C23H23ClN4O2S. The smallest absolute Gasteiger partial charge is 0.266 e. The van der Waals surface area contributed by atoms with Crippen LogP contribution in [-0.2, 0) is 11.3 Å². The number of thiazole rings is 1. The summed E-state index contributed by atoms with van der Waals surface area (Å²) in [6.45, 7) is 5.18. The summed E-state index contributed by atoms with van der Waals surface area (Å²) in [6.07, 6.45) is 6.20. The van der Waals surface area contributed by atoms with Gasteiger partial charge in [-0.3, -0.25) is 9.69 Å². The highest BCUT2D eigenvalue weighted by atomic mass is 35.5. The number of ether oxygens (including phenoxy) is 1. The molecule has 160 valence electrons. The van der Waals surface area contributed by atoms with Gasteiger partial charge < -0.3 is 9.30 Å². The first-order chi connectivity index (χ1) is 15.0.